The van der Waals surface area contributed by atoms with Crippen LogP contribution in [-0.4, -0.2) is 9.78 Å². The van der Waals surface area contributed by atoms with Gasteiger partial charge in [-0.1, -0.05) is 39.1 Å². The van der Waals surface area contributed by atoms with Gasteiger partial charge < -0.3 is 5.73 Å². The zero-order chi connectivity index (χ0) is 12.9. The zero-order valence-corrected chi connectivity index (χ0v) is 12.5. The quantitative estimate of drug-likeness (QED) is 0.847. The van der Waals surface area contributed by atoms with Gasteiger partial charge in [0.2, 0.25) is 0 Å². The molecular weight excluding hydrogens is 337 g/mol. The molecule has 18 heavy (non-hydrogen) atoms. The molecule has 3 nitrogen and oxygen atoms in total. The third kappa shape index (κ3) is 1.83. The Bertz CT molecular complexity index is 613. The monoisotopic (exact) mass is 345 g/mol. The summed E-state index contributed by atoms with van der Waals surface area (Å²) in [5, 5.41) is 5.49. The summed E-state index contributed by atoms with van der Waals surface area (Å²) in [4.78, 5) is 0. The van der Waals surface area contributed by atoms with Crippen molar-refractivity contribution in [1.82, 2.24) is 9.78 Å². The first-order chi connectivity index (χ1) is 8.58. The van der Waals surface area contributed by atoms with Gasteiger partial charge in [-0.3, -0.25) is 0 Å². The Labute approximate surface area is 123 Å². The predicted molar refractivity (Wildman–Crippen MR) is 77.7 cm³/mol. The highest BCUT2D eigenvalue weighted by molar-refractivity contribution is 9.10. The molecule has 0 bridgehead atoms. The number of nitrogens with two attached hydrogens (primary N) is 1. The summed E-state index contributed by atoms with van der Waals surface area (Å²) in [6, 6.07) is 3.62. The molecule has 0 atom stereocenters. The maximum absolute atomic E-state index is 6.26. The molecule has 0 radical (unpaired) electrons. The van der Waals surface area contributed by atoms with Gasteiger partial charge in [-0.05, 0) is 31.4 Å². The molecular formula is C12H10BrCl2N3. The minimum absolute atomic E-state index is 0.562. The van der Waals surface area contributed by atoms with Crippen molar-refractivity contribution in [3.05, 3.63) is 37.9 Å². The molecule has 1 aliphatic rings. The largest absolute Gasteiger partial charge is 0.382 e. The second-order valence-electron chi connectivity index (χ2n) is 4.29. The first kappa shape index (κ1) is 12.3. The van der Waals surface area contributed by atoms with Crippen LogP contribution < -0.4 is 5.73 Å². The lowest BCUT2D eigenvalue weighted by Crippen LogP contribution is -2.03. The van der Waals surface area contributed by atoms with Gasteiger partial charge in [-0.25, -0.2) is 4.68 Å². The Morgan fingerprint density at radius 3 is 2.56 bits per heavy atom. The molecule has 1 aromatic heterocycles. The minimum Gasteiger partial charge on any atom is -0.382 e. The van der Waals surface area contributed by atoms with E-state index in [4.69, 9.17) is 28.9 Å². The Morgan fingerprint density at radius 2 is 1.89 bits per heavy atom. The number of halogens is 3. The average Bonchev–Trinajstić information content (AvgIpc) is 2.83. The molecule has 0 saturated heterocycles. The molecule has 2 aromatic rings. The molecule has 0 fully saturated rings. The lowest BCUT2D eigenvalue weighted by molar-refractivity contribution is 0.788. The molecule has 0 unspecified atom stereocenters. The van der Waals surface area contributed by atoms with Crippen LogP contribution in [0.5, 0.6) is 0 Å². The van der Waals surface area contributed by atoms with Gasteiger partial charge in [0.15, 0.2) is 0 Å². The van der Waals surface area contributed by atoms with Gasteiger partial charge >= 0.3 is 0 Å². The lowest BCUT2D eigenvalue weighted by atomic mass is 10.2. The molecule has 0 saturated carbocycles. The normalized spacial score (nSPS) is 13.9. The van der Waals surface area contributed by atoms with Crippen LogP contribution in [0, 0.1) is 0 Å². The number of rotatable bonds is 1. The SMILES string of the molecule is Nc1nn(-c2c(Cl)cc(Br)cc2Cl)c2c1CCC2. The molecule has 94 valence electrons. The lowest BCUT2D eigenvalue weighted by Gasteiger charge is -2.10. The van der Waals surface area contributed by atoms with E-state index in [0.29, 0.717) is 21.6 Å². The van der Waals surface area contributed by atoms with Crippen LogP contribution in [-0.2, 0) is 12.8 Å². The number of nitrogen functional groups attached to an aromatic ring is 1. The molecule has 6 heteroatoms. The van der Waals surface area contributed by atoms with Crippen LogP contribution in [0.2, 0.25) is 10.0 Å². The summed E-state index contributed by atoms with van der Waals surface area (Å²) in [6.45, 7) is 0. The Balaban J connectivity index is 2.25. The highest BCUT2D eigenvalue weighted by atomic mass is 79.9. The first-order valence-corrected chi connectivity index (χ1v) is 7.14. The van der Waals surface area contributed by atoms with E-state index in [1.165, 1.54) is 0 Å². The number of hydrogen-bond acceptors (Lipinski definition) is 2. The standard InChI is InChI=1S/C12H10BrCl2N3/c13-6-4-8(14)11(9(15)5-6)18-10-3-1-2-7(10)12(16)17-18/h4-5H,1-3H2,(H2,16,17). The Morgan fingerprint density at radius 1 is 1.22 bits per heavy atom. The molecule has 0 spiro atoms. The highest BCUT2D eigenvalue weighted by Gasteiger charge is 2.24. The van der Waals surface area contributed by atoms with E-state index in [2.05, 4.69) is 21.0 Å². The van der Waals surface area contributed by atoms with E-state index in [-0.39, 0.29) is 0 Å². The van der Waals surface area contributed by atoms with E-state index < -0.39 is 0 Å². The van der Waals surface area contributed by atoms with Gasteiger partial charge in [0.1, 0.15) is 11.5 Å². The molecule has 1 aromatic carbocycles. The van der Waals surface area contributed by atoms with Crippen molar-refractivity contribution in [2.75, 3.05) is 5.73 Å². The van der Waals surface area contributed by atoms with Crippen molar-refractivity contribution in [3.8, 4) is 5.69 Å². The molecule has 0 amide bonds. The third-order valence-corrected chi connectivity index (χ3v) is 4.19. The van der Waals surface area contributed by atoms with Crippen molar-refractivity contribution in [2.45, 2.75) is 19.3 Å². The second kappa shape index (κ2) is 4.44. The minimum atomic E-state index is 0.562. The van der Waals surface area contributed by atoms with Crippen molar-refractivity contribution >= 4 is 44.9 Å². The van der Waals surface area contributed by atoms with E-state index in [1.54, 1.807) is 4.68 Å². The molecule has 0 aliphatic heterocycles. The summed E-state index contributed by atoms with van der Waals surface area (Å²) in [6.07, 6.45) is 3.04. The topological polar surface area (TPSA) is 43.8 Å². The number of benzene rings is 1. The number of anilines is 1. The molecule has 1 aliphatic carbocycles. The fourth-order valence-corrected chi connectivity index (χ4v) is 3.76. The van der Waals surface area contributed by atoms with Gasteiger partial charge in [0.05, 0.1) is 10.0 Å². The molecule has 3 rings (SSSR count). The van der Waals surface area contributed by atoms with Crippen molar-refractivity contribution < 1.29 is 0 Å². The van der Waals surface area contributed by atoms with Crippen LogP contribution in [0.1, 0.15) is 17.7 Å². The number of hydrogen-bond donors (Lipinski definition) is 1. The first-order valence-electron chi connectivity index (χ1n) is 5.59. The smallest absolute Gasteiger partial charge is 0.149 e. The van der Waals surface area contributed by atoms with Gasteiger partial charge in [-0.15, -0.1) is 0 Å². The van der Waals surface area contributed by atoms with Crippen LogP contribution >= 0.6 is 39.1 Å². The highest BCUT2D eigenvalue weighted by Crippen LogP contribution is 2.36. The maximum Gasteiger partial charge on any atom is 0.149 e. The van der Waals surface area contributed by atoms with Crippen LogP contribution in [0.3, 0.4) is 0 Å². The second-order valence-corrected chi connectivity index (χ2v) is 6.02. The number of fused-ring (bicyclic) bond motifs is 1. The van der Waals surface area contributed by atoms with Crippen LogP contribution in [0.4, 0.5) is 5.82 Å². The van der Waals surface area contributed by atoms with Gasteiger partial charge in [-0.2, -0.15) is 5.10 Å². The van der Waals surface area contributed by atoms with E-state index in [0.717, 1.165) is 35.0 Å². The maximum atomic E-state index is 6.26. The summed E-state index contributed by atoms with van der Waals surface area (Å²) in [7, 11) is 0. The van der Waals surface area contributed by atoms with E-state index >= 15 is 0 Å². The zero-order valence-electron chi connectivity index (χ0n) is 9.38. The average molecular weight is 347 g/mol. The summed E-state index contributed by atoms with van der Waals surface area (Å²) < 4.78 is 2.63. The fraction of sp³-hybridized carbons (Fsp3) is 0.250. The van der Waals surface area contributed by atoms with E-state index in [1.807, 2.05) is 12.1 Å². The predicted octanol–water partition coefficient (Wildman–Crippen LogP) is 4.01. The van der Waals surface area contributed by atoms with Gasteiger partial charge in [0.25, 0.3) is 0 Å². The number of nitrogens with zero attached hydrogens (tertiary/aromatic N) is 2. The van der Waals surface area contributed by atoms with E-state index in [9.17, 15) is 0 Å². The van der Waals surface area contributed by atoms with Crippen molar-refractivity contribution in [1.29, 1.82) is 0 Å². The van der Waals surface area contributed by atoms with Crippen molar-refractivity contribution in [2.24, 2.45) is 0 Å². The third-order valence-electron chi connectivity index (χ3n) is 3.15. The summed E-state index contributed by atoms with van der Waals surface area (Å²) >= 11 is 15.9. The fourth-order valence-electron chi connectivity index (χ4n) is 2.39. The Hall–Kier alpha value is -0.710. The van der Waals surface area contributed by atoms with Crippen molar-refractivity contribution in [3.63, 3.8) is 0 Å². The van der Waals surface area contributed by atoms with Crippen LogP contribution in [0.25, 0.3) is 5.69 Å². The number of aromatic nitrogens is 2. The Kier molecular flexibility index (Phi) is 3.04. The van der Waals surface area contributed by atoms with Gasteiger partial charge in [0, 0.05) is 15.7 Å². The van der Waals surface area contributed by atoms with Crippen LogP contribution in [0.15, 0.2) is 16.6 Å². The summed E-state index contributed by atoms with van der Waals surface area (Å²) in [5.41, 5.74) is 8.89. The molecule has 2 N–H and O–H groups in total. The molecule has 1 heterocycles. The summed E-state index contributed by atoms with van der Waals surface area (Å²) in [5.74, 6) is 0.581.